The average molecular weight is 491 g/mol. The smallest absolute Gasteiger partial charge is 0.278 e. The standard InChI is InChI=1S/C26H20Cl2N4O2/c1-16-10-11-18(27)12-21(16)30-23(33)14-32-22-9-5-3-7-19(22)24-25(32)26(34)31(15-29-24)13-17-6-2-4-8-20(17)28/h2-12,15H,13-14H2,1H3,(H,30,33). The van der Waals surface area contributed by atoms with Crippen molar-refractivity contribution in [1.29, 1.82) is 0 Å². The van der Waals surface area contributed by atoms with Gasteiger partial charge in [-0.1, -0.05) is 65.7 Å². The predicted octanol–water partition coefficient (Wildman–Crippen LogP) is 5.65. The second-order valence-corrected chi connectivity index (χ2v) is 8.92. The largest absolute Gasteiger partial charge is 0.325 e. The summed E-state index contributed by atoms with van der Waals surface area (Å²) >= 11 is 12.4. The lowest BCUT2D eigenvalue weighted by Crippen LogP contribution is -2.25. The zero-order valence-electron chi connectivity index (χ0n) is 18.3. The van der Waals surface area contributed by atoms with Crippen molar-refractivity contribution in [1.82, 2.24) is 14.1 Å². The third-order valence-electron chi connectivity index (χ3n) is 5.81. The normalized spacial score (nSPS) is 11.3. The van der Waals surface area contributed by atoms with Crippen molar-refractivity contribution < 1.29 is 4.79 Å². The summed E-state index contributed by atoms with van der Waals surface area (Å²) in [6, 6.07) is 20.2. The van der Waals surface area contributed by atoms with Crippen LogP contribution in [-0.2, 0) is 17.9 Å². The number of carbonyl (C=O) groups excluding carboxylic acids is 1. The molecule has 0 fully saturated rings. The second kappa shape index (κ2) is 8.97. The molecule has 5 rings (SSSR count). The summed E-state index contributed by atoms with van der Waals surface area (Å²) in [6.07, 6.45) is 1.53. The number of nitrogens with one attached hydrogen (secondary N) is 1. The first kappa shape index (κ1) is 22.2. The van der Waals surface area contributed by atoms with E-state index in [9.17, 15) is 9.59 Å². The fourth-order valence-electron chi connectivity index (χ4n) is 4.10. The molecular formula is C26H20Cl2N4O2. The van der Waals surface area contributed by atoms with E-state index in [1.54, 1.807) is 22.8 Å². The van der Waals surface area contributed by atoms with Crippen LogP contribution in [0.15, 0.2) is 77.9 Å². The minimum Gasteiger partial charge on any atom is -0.325 e. The number of nitrogens with zero attached hydrogens (tertiary/aromatic N) is 3. The number of halogens is 2. The van der Waals surface area contributed by atoms with Crippen LogP contribution in [0.3, 0.4) is 0 Å². The van der Waals surface area contributed by atoms with E-state index in [2.05, 4.69) is 10.3 Å². The van der Waals surface area contributed by atoms with Crippen LogP contribution in [0.1, 0.15) is 11.1 Å². The summed E-state index contributed by atoms with van der Waals surface area (Å²) in [5.74, 6) is -0.270. The van der Waals surface area contributed by atoms with Crippen LogP contribution >= 0.6 is 23.2 Å². The number of carbonyl (C=O) groups is 1. The number of amides is 1. The molecule has 0 saturated heterocycles. The molecule has 0 saturated carbocycles. The van der Waals surface area contributed by atoms with Crippen molar-refractivity contribution in [3.8, 4) is 0 Å². The molecule has 170 valence electrons. The lowest BCUT2D eigenvalue weighted by atomic mass is 10.2. The third-order valence-corrected chi connectivity index (χ3v) is 6.41. The fourth-order valence-corrected chi connectivity index (χ4v) is 4.47. The van der Waals surface area contributed by atoms with Gasteiger partial charge in [0.05, 0.1) is 18.4 Å². The fraction of sp³-hybridized carbons (Fsp3) is 0.115. The topological polar surface area (TPSA) is 68.9 Å². The Balaban J connectivity index is 1.59. The molecule has 3 aromatic carbocycles. The number of fused-ring (bicyclic) bond motifs is 3. The van der Waals surface area contributed by atoms with Crippen molar-refractivity contribution in [2.24, 2.45) is 0 Å². The summed E-state index contributed by atoms with van der Waals surface area (Å²) in [4.78, 5) is 31.2. The molecule has 5 aromatic rings. The van der Waals surface area contributed by atoms with Crippen LogP contribution < -0.4 is 10.9 Å². The van der Waals surface area contributed by atoms with E-state index in [0.29, 0.717) is 26.8 Å². The van der Waals surface area contributed by atoms with Gasteiger partial charge in [-0.05, 0) is 42.3 Å². The van der Waals surface area contributed by atoms with Gasteiger partial charge in [0.25, 0.3) is 5.56 Å². The van der Waals surface area contributed by atoms with Gasteiger partial charge >= 0.3 is 0 Å². The molecular weight excluding hydrogens is 471 g/mol. The first-order valence-electron chi connectivity index (χ1n) is 10.7. The maximum absolute atomic E-state index is 13.6. The molecule has 6 nitrogen and oxygen atoms in total. The average Bonchev–Trinajstić information content (AvgIpc) is 3.13. The van der Waals surface area contributed by atoms with E-state index >= 15 is 0 Å². The van der Waals surface area contributed by atoms with Crippen LogP contribution in [0, 0.1) is 6.92 Å². The molecule has 0 aliphatic rings. The number of hydrogen-bond acceptors (Lipinski definition) is 3. The highest BCUT2D eigenvalue weighted by Gasteiger charge is 2.19. The highest BCUT2D eigenvalue weighted by atomic mass is 35.5. The molecule has 0 spiro atoms. The zero-order chi connectivity index (χ0) is 23.8. The van der Waals surface area contributed by atoms with Gasteiger partial charge in [0.15, 0.2) is 0 Å². The Morgan fingerprint density at radius 1 is 1.03 bits per heavy atom. The molecule has 34 heavy (non-hydrogen) atoms. The Labute approximate surface area is 205 Å². The molecule has 8 heteroatoms. The van der Waals surface area contributed by atoms with Crippen LogP contribution in [0.2, 0.25) is 10.0 Å². The lowest BCUT2D eigenvalue weighted by molar-refractivity contribution is -0.116. The van der Waals surface area contributed by atoms with E-state index in [1.807, 2.05) is 55.5 Å². The Hall–Kier alpha value is -3.61. The monoisotopic (exact) mass is 490 g/mol. The van der Waals surface area contributed by atoms with Gasteiger partial charge in [-0.2, -0.15) is 0 Å². The second-order valence-electron chi connectivity index (χ2n) is 8.08. The summed E-state index contributed by atoms with van der Waals surface area (Å²) in [6.45, 7) is 2.11. The number of para-hydroxylation sites is 1. The van der Waals surface area contributed by atoms with Gasteiger partial charge in [0.1, 0.15) is 17.6 Å². The first-order valence-corrected chi connectivity index (χ1v) is 11.4. The maximum atomic E-state index is 13.6. The molecule has 1 N–H and O–H groups in total. The van der Waals surface area contributed by atoms with Crippen molar-refractivity contribution in [3.63, 3.8) is 0 Å². The molecule has 0 radical (unpaired) electrons. The van der Waals surface area contributed by atoms with Crippen LogP contribution in [-0.4, -0.2) is 20.0 Å². The summed E-state index contributed by atoms with van der Waals surface area (Å²) in [5, 5.41) is 4.83. The summed E-state index contributed by atoms with van der Waals surface area (Å²) in [7, 11) is 0. The van der Waals surface area contributed by atoms with Crippen molar-refractivity contribution in [2.75, 3.05) is 5.32 Å². The van der Waals surface area contributed by atoms with E-state index in [1.165, 1.54) is 10.9 Å². The number of aryl methyl sites for hydroxylation is 1. The van der Waals surface area contributed by atoms with Gasteiger partial charge in [0, 0.05) is 21.1 Å². The van der Waals surface area contributed by atoms with E-state index in [0.717, 1.165) is 22.0 Å². The minimum absolute atomic E-state index is 0.0526. The maximum Gasteiger partial charge on any atom is 0.278 e. The Morgan fingerprint density at radius 3 is 2.62 bits per heavy atom. The molecule has 0 unspecified atom stereocenters. The van der Waals surface area contributed by atoms with E-state index in [4.69, 9.17) is 23.2 Å². The Bertz CT molecular complexity index is 1620. The highest BCUT2D eigenvalue weighted by Crippen LogP contribution is 2.26. The number of hydrogen-bond donors (Lipinski definition) is 1. The van der Waals surface area contributed by atoms with Crippen molar-refractivity contribution in [2.45, 2.75) is 20.0 Å². The quantitative estimate of drug-likeness (QED) is 0.345. The predicted molar refractivity (Wildman–Crippen MR) is 137 cm³/mol. The first-order chi connectivity index (χ1) is 16.4. The molecule has 0 bridgehead atoms. The molecule has 0 aliphatic carbocycles. The van der Waals surface area contributed by atoms with Gasteiger partial charge in [0.2, 0.25) is 5.91 Å². The van der Waals surface area contributed by atoms with E-state index in [-0.39, 0.29) is 24.6 Å². The van der Waals surface area contributed by atoms with Crippen LogP contribution in [0.4, 0.5) is 5.69 Å². The minimum atomic E-state index is -0.270. The zero-order valence-corrected chi connectivity index (χ0v) is 19.8. The molecule has 0 aliphatic heterocycles. The molecule has 2 heterocycles. The number of anilines is 1. The molecule has 2 aromatic heterocycles. The number of rotatable bonds is 5. The number of aromatic nitrogens is 3. The van der Waals surface area contributed by atoms with Gasteiger partial charge in [-0.25, -0.2) is 4.98 Å². The van der Waals surface area contributed by atoms with Crippen molar-refractivity contribution in [3.05, 3.63) is 105 Å². The Kier molecular flexibility index (Phi) is 5.86. The third kappa shape index (κ3) is 4.06. The van der Waals surface area contributed by atoms with Crippen LogP contribution in [0.5, 0.6) is 0 Å². The van der Waals surface area contributed by atoms with Gasteiger partial charge in [-0.15, -0.1) is 0 Å². The highest BCUT2D eigenvalue weighted by molar-refractivity contribution is 6.31. The summed E-state index contributed by atoms with van der Waals surface area (Å²) in [5.41, 5.74) is 3.78. The summed E-state index contributed by atoms with van der Waals surface area (Å²) < 4.78 is 3.23. The van der Waals surface area contributed by atoms with E-state index < -0.39 is 0 Å². The van der Waals surface area contributed by atoms with Gasteiger partial charge < -0.3 is 9.88 Å². The SMILES string of the molecule is Cc1ccc(Cl)cc1NC(=O)Cn1c2ccccc2c2ncn(Cc3ccccc3Cl)c(=O)c21. The lowest BCUT2D eigenvalue weighted by Gasteiger charge is -2.12. The molecule has 1 amide bonds. The molecule has 0 atom stereocenters. The number of benzene rings is 3. The van der Waals surface area contributed by atoms with Gasteiger partial charge in [-0.3, -0.25) is 14.2 Å². The van der Waals surface area contributed by atoms with Crippen molar-refractivity contribution >= 4 is 56.7 Å². The Morgan fingerprint density at radius 2 is 1.79 bits per heavy atom. The van der Waals surface area contributed by atoms with Crippen LogP contribution in [0.25, 0.3) is 21.9 Å².